The van der Waals surface area contributed by atoms with Crippen molar-refractivity contribution in [3.63, 3.8) is 0 Å². The van der Waals surface area contributed by atoms with Crippen molar-refractivity contribution in [2.24, 2.45) is 0 Å². The fraction of sp³-hybridized carbons (Fsp3) is 0.200. The number of aliphatic hydroxyl groups excluding tert-OH is 1. The van der Waals surface area contributed by atoms with Crippen LogP contribution in [-0.2, 0) is 11.2 Å². The number of methoxy groups -OCH3 is 1. The zero-order valence-corrected chi connectivity index (χ0v) is 18.8. The zero-order valence-electron chi connectivity index (χ0n) is 18.8. The van der Waals surface area contributed by atoms with Crippen LogP contribution in [0.25, 0.3) is 22.5 Å². The number of ether oxygens (including phenoxy) is 1. The van der Waals surface area contributed by atoms with Crippen molar-refractivity contribution >= 4 is 5.91 Å². The molecule has 0 spiro atoms. The summed E-state index contributed by atoms with van der Waals surface area (Å²) in [6.07, 6.45) is 1.04. The number of benzene rings is 2. The van der Waals surface area contributed by atoms with Crippen LogP contribution in [0.3, 0.4) is 0 Å². The number of aromatic nitrogens is 4. The molecule has 8 nitrogen and oxygen atoms in total. The highest BCUT2D eigenvalue weighted by Gasteiger charge is 2.26. The maximum Gasteiger partial charge on any atom is 0.252 e. The van der Waals surface area contributed by atoms with Crippen LogP contribution < -0.4 is 5.32 Å². The van der Waals surface area contributed by atoms with Crippen molar-refractivity contribution in [3.05, 3.63) is 89.8 Å². The quantitative estimate of drug-likeness (QED) is 0.340. The van der Waals surface area contributed by atoms with E-state index < -0.39 is 23.9 Å². The minimum absolute atomic E-state index is 0.0297. The lowest BCUT2D eigenvalue weighted by Gasteiger charge is -2.25. The molecule has 1 amide bonds. The summed E-state index contributed by atoms with van der Waals surface area (Å²) in [5, 5.41) is 27.4. The number of amides is 1. The van der Waals surface area contributed by atoms with Gasteiger partial charge in [0.2, 0.25) is 0 Å². The normalized spacial score (nSPS) is 12.8. The van der Waals surface area contributed by atoms with Crippen LogP contribution in [0.2, 0.25) is 0 Å². The second-order valence-electron chi connectivity index (χ2n) is 7.79. The molecule has 35 heavy (non-hydrogen) atoms. The fourth-order valence-electron chi connectivity index (χ4n) is 3.76. The van der Waals surface area contributed by atoms with Gasteiger partial charge in [0.05, 0.1) is 35.3 Å². The van der Waals surface area contributed by atoms with Gasteiger partial charge in [0, 0.05) is 30.9 Å². The van der Waals surface area contributed by atoms with Crippen LogP contribution in [0.1, 0.15) is 16.1 Å². The number of aromatic amines is 1. The van der Waals surface area contributed by atoms with Crippen molar-refractivity contribution in [1.29, 1.82) is 0 Å². The van der Waals surface area contributed by atoms with E-state index in [1.807, 2.05) is 0 Å². The van der Waals surface area contributed by atoms with Gasteiger partial charge in [-0.15, -0.1) is 0 Å². The van der Waals surface area contributed by atoms with E-state index in [4.69, 9.17) is 4.74 Å². The molecule has 0 aliphatic heterocycles. The van der Waals surface area contributed by atoms with Gasteiger partial charge in [0.15, 0.2) is 0 Å². The summed E-state index contributed by atoms with van der Waals surface area (Å²) in [5.74, 6) is -1.57. The van der Waals surface area contributed by atoms with Gasteiger partial charge in [-0.25, -0.2) is 8.78 Å². The number of rotatable bonds is 9. The van der Waals surface area contributed by atoms with E-state index in [0.717, 1.165) is 0 Å². The Balaban J connectivity index is 1.64. The molecule has 2 aromatic carbocycles. The molecular formula is C25H23F2N5O3. The molecule has 0 saturated carbocycles. The van der Waals surface area contributed by atoms with E-state index >= 15 is 0 Å². The lowest BCUT2D eigenvalue weighted by atomic mass is 10.00. The van der Waals surface area contributed by atoms with E-state index in [1.54, 1.807) is 30.3 Å². The maximum atomic E-state index is 15.0. The molecule has 0 unspecified atom stereocenters. The largest absolute Gasteiger partial charge is 0.394 e. The van der Waals surface area contributed by atoms with Crippen molar-refractivity contribution < 1.29 is 23.4 Å². The van der Waals surface area contributed by atoms with Gasteiger partial charge >= 0.3 is 0 Å². The Morgan fingerprint density at radius 3 is 2.63 bits per heavy atom. The number of hydrogen-bond acceptors (Lipinski definition) is 6. The van der Waals surface area contributed by atoms with Crippen LogP contribution >= 0.6 is 0 Å². The number of nitrogens with one attached hydrogen (secondary N) is 2. The zero-order chi connectivity index (χ0) is 24.8. The summed E-state index contributed by atoms with van der Waals surface area (Å²) in [4.78, 5) is 13.3. The highest BCUT2D eigenvalue weighted by Crippen LogP contribution is 2.29. The van der Waals surface area contributed by atoms with Gasteiger partial charge in [-0.2, -0.15) is 15.3 Å². The third-order valence-corrected chi connectivity index (χ3v) is 5.55. The van der Waals surface area contributed by atoms with E-state index in [2.05, 4.69) is 25.7 Å². The summed E-state index contributed by atoms with van der Waals surface area (Å²) in [6.45, 7) is -0.348. The molecule has 10 heteroatoms. The van der Waals surface area contributed by atoms with Gasteiger partial charge in [-0.1, -0.05) is 6.07 Å². The second kappa shape index (κ2) is 10.9. The van der Waals surface area contributed by atoms with E-state index in [0.29, 0.717) is 17.0 Å². The first-order valence-corrected chi connectivity index (χ1v) is 10.8. The lowest BCUT2D eigenvalue weighted by Crippen LogP contribution is -2.47. The predicted molar refractivity (Wildman–Crippen MR) is 124 cm³/mol. The molecule has 0 aliphatic carbocycles. The monoisotopic (exact) mass is 479 g/mol. The highest BCUT2D eigenvalue weighted by atomic mass is 19.1. The highest BCUT2D eigenvalue weighted by molar-refractivity contribution is 6.01. The van der Waals surface area contributed by atoms with Gasteiger partial charge in [0.1, 0.15) is 17.7 Å². The first kappa shape index (κ1) is 24.1. The molecule has 3 N–H and O–H groups in total. The fourth-order valence-corrected chi connectivity index (χ4v) is 3.76. The summed E-state index contributed by atoms with van der Waals surface area (Å²) in [5.41, 5.74) is 2.06. The molecule has 2 atom stereocenters. The third kappa shape index (κ3) is 5.56. The molecule has 4 aromatic rings. The summed E-state index contributed by atoms with van der Waals surface area (Å²) < 4.78 is 33.6. The predicted octanol–water partition coefficient (Wildman–Crippen LogP) is 3.16. The Bertz CT molecular complexity index is 1280. The van der Waals surface area contributed by atoms with Gasteiger partial charge in [0.25, 0.3) is 5.91 Å². The van der Waals surface area contributed by atoms with Gasteiger partial charge < -0.3 is 15.2 Å². The van der Waals surface area contributed by atoms with Gasteiger partial charge in [-0.05, 0) is 54.6 Å². The molecule has 0 radical (unpaired) electrons. The summed E-state index contributed by atoms with van der Waals surface area (Å²) in [6, 6.07) is 14.3. The molecule has 0 fully saturated rings. The molecular weight excluding hydrogens is 456 g/mol. The van der Waals surface area contributed by atoms with Crippen LogP contribution in [0, 0.1) is 11.6 Å². The second-order valence-corrected chi connectivity index (χ2v) is 7.79. The van der Waals surface area contributed by atoms with E-state index in [1.165, 1.54) is 43.6 Å². The minimum Gasteiger partial charge on any atom is -0.394 e. The average Bonchev–Trinajstić information content (AvgIpc) is 3.35. The van der Waals surface area contributed by atoms with Crippen molar-refractivity contribution in [3.8, 4) is 22.5 Å². The molecule has 180 valence electrons. The maximum absolute atomic E-state index is 15.0. The summed E-state index contributed by atoms with van der Waals surface area (Å²) >= 11 is 0. The van der Waals surface area contributed by atoms with Crippen LogP contribution in [-0.4, -0.2) is 57.3 Å². The SMILES string of the molecule is CO[C@H](CO)[C@@H](Cc1cccnn1)NC(=O)c1cccc(F)c1-c1cc(-c2ccc(F)cc2)n[nH]1. The number of hydrogen-bond donors (Lipinski definition) is 3. The summed E-state index contributed by atoms with van der Waals surface area (Å²) in [7, 11) is 1.42. The third-order valence-electron chi connectivity index (χ3n) is 5.55. The number of carbonyl (C=O) groups excluding carboxylic acids is 1. The molecule has 0 saturated heterocycles. The van der Waals surface area contributed by atoms with Gasteiger partial charge in [-0.3, -0.25) is 9.89 Å². The number of H-pyrrole nitrogens is 1. The molecule has 0 bridgehead atoms. The topological polar surface area (TPSA) is 113 Å². The minimum atomic E-state index is -0.727. The Morgan fingerprint density at radius 1 is 1.14 bits per heavy atom. The smallest absolute Gasteiger partial charge is 0.252 e. The first-order chi connectivity index (χ1) is 17.0. The number of carbonyl (C=O) groups is 1. The first-order valence-electron chi connectivity index (χ1n) is 10.8. The van der Waals surface area contributed by atoms with Crippen molar-refractivity contribution in [2.75, 3.05) is 13.7 Å². The number of aliphatic hydroxyl groups is 1. The van der Waals surface area contributed by atoms with Crippen LogP contribution in [0.4, 0.5) is 8.78 Å². The average molecular weight is 479 g/mol. The number of halogens is 2. The van der Waals surface area contributed by atoms with Crippen LogP contribution in [0.5, 0.6) is 0 Å². The Morgan fingerprint density at radius 2 is 1.94 bits per heavy atom. The van der Waals surface area contributed by atoms with Crippen molar-refractivity contribution in [1.82, 2.24) is 25.7 Å². The van der Waals surface area contributed by atoms with E-state index in [-0.39, 0.29) is 35.7 Å². The Hall–Kier alpha value is -4.02. The Labute approximate surface area is 200 Å². The molecule has 0 aliphatic rings. The Kier molecular flexibility index (Phi) is 7.54. The molecule has 4 rings (SSSR count). The van der Waals surface area contributed by atoms with Crippen molar-refractivity contribution in [2.45, 2.75) is 18.6 Å². The standard InChI is InChI=1S/C25H23F2N5O3/c1-35-23(14-33)21(12-17-4-3-11-28-30-17)29-25(34)18-5-2-6-19(27)24(18)22-13-20(31-32-22)15-7-9-16(26)10-8-15/h2-11,13,21,23,33H,12,14H2,1H3,(H,29,34)(H,31,32)/t21-,23-/m1/s1. The lowest BCUT2D eigenvalue weighted by molar-refractivity contribution is 0.0213. The van der Waals surface area contributed by atoms with Crippen LogP contribution in [0.15, 0.2) is 66.9 Å². The molecule has 2 heterocycles. The number of nitrogens with zero attached hydrogens (tertiary/aromatic N) is 3. The van der Waals surface area contributed by atoms with E-state index in [9.17, 15) is 18.7 Å². The molecule has 2 aromatic heterocycles.